The first-order valence-electron chi connectivity index (χ1n) is 11.1. The first kappa shape index (κ1) is 23.0. The van der Waals surface area contributed by atoms with Crippen molar-refractivity contribution in [3.05, 3.63) is 65.7 Å². The van der Waals surface area contributed by atoms with Gasteiger partial charge in [-0.25, -0.2) is 12.7 Å². The number of hydrogen-bond donors (Lipinski definition) is 1. The van der Waals surface area contributed by atoms with E-state index in [9.17, 15) is 22.8 Å². The summed E-state index contributed by atoms with van der Waals surface area (Å²) in [5.74, 6) is -1.63. The van der Waals surface area contributed by atoms with E-state index in [-0.39, 0.29) is 29.0 Å². The normalized spacial score (nSPS) is 18.1. The number of sulfonamides is 1. The Morgan fingerprint density at radius 3 is 2.36 bits per heavy atom. The molecule has 0 aromatic heterocycles. The molecular weight excluding hydrogens is 442 g/mol. The molecule has 1 atom stereocenters. The summed E-state index contributed by atoms with van der Waals surface area (Å²) < 4.78 is 26.4. The lowest BCUT2D eigenvalue weighted by Crippen LogP contribution is -2.52. The van der Waals surface area contributed by atoms with Crippen LogP contribution < -0.4 is 5.32 Å². The Balaban J connectivity index is 1.56. The monoisotopic (exact) mass is 469 g/mol. The molecule has 33 heavy (non-hydrogen) atoms. The highest BCUT2D eigenvalue weighted by atomic mass is 32.2. The van der Waals surface area contributed by atoms with Crippen LogP contribution in [0.3, 0.4) is 0 Å². The van der Waals surface area contributed by atoms with E-state index >= 15 is 0 Å². The standard InChI is InChI=1S/C24H27N3O5S/c1-17(23(29)25-19-11-5-6-12-19)26(15-18-9-3-2-4-10-18)22(28)16-27-24(30)20-13-7-8-14-21(20)33(27,31)32/h2-4,7-10,13-14,17,19H,5-6,11-12,15-16H2,1H3,(H,25,29)/t17-/m1/s1. The predicted molar refractivity (Wildman–Crippen MR) is 122 cm³/mol. The molecule has 2 aliphatic rings. The van der Waals surface area contributed by atoms with Crippen LogP contribution in [-0.4, -0.2) is 54.0 Å². The van der Waals surface area contributed by atoms with Crippen molar-refractivity contribution in [3.63, 3.8) is 0 Å². The van der Waals surface area contributed by atoms with Crippen molar-refractivity contribution in [1.29, 1.82) is 0 Å². The maximum atomic E-state index is 13.4. The molecule has 2 aromatic carbocycles. The van der Waals surface area contributed by atoms with Crippen LogP contribution in [0, 0.1) is 0 Å². The Labute approximate surface area is 193 Å². The molecule has 1 heterocycles. The van der Waals surface area contributed by atoms with E-state index in [4.69, 9.17) is 0 Å². The number of hydrogen-bond acceptors (Lipinski definition) is 5. The molecule has 0 unspecified atom stereocenters. The van der Waals surface area contributed by atoms with Crippen molar-refractivity contribution in [2.24, 2.45) is 0 Å². The molecule has 1 aliphatic carbocycles. The van der Waals surface area contributed by atoms with Gasteiger partial charge in [-0.3, -0.25) is 14.4 Å². The molecule has 9 heteroatoms. The summed E-state index contributed by atoms with van der Waals surface area (Å²) in [6.07, 6.45) is 3.93. The number of benzene rings is 2. The van der Waals surface area contributed by atoms with Gasteiger partial charge in [0.05, 0.1) is 5.56 Å². The van der Waals surface area contributed by atoms with Crippen LogP contribution in [0.15, 0.2) is 59.5 Å². The third-order valence-electron chi connectivity index (χ3n) is 6.26. The van der Waals surface area contributed by atoms with Crippen LogP contribution in [0.1, 0.15) is 48.5 Å². The number of nitrogens with one attached hydrogen (secondary N) is 1. The molecule has 1 saturated carbocycles. The quantitative estimate of drug-likeness (QED) is 0.670. The van der Waals surface area contributed by atoms with E-state index in [0.717, 1.165) is 31.2 Å². The van der Waals surface area contributed by atoms with Crippen LogP contribution >= 0.6 is 0 Å². The zero-order valence-corrected chi connectivity index (χ0v) is 19.3. The maximum absolute atomic E-state index is 13.4. The maximum Gasteiger partial charge on any atom is 0.269 e. The Bertz CT molecular complexity index is 1160. The Hall–Kier alpha value is -3.20. The van der Waals surface area contributed by atoms with Gasteiger partial charge in [0, 0.05) is 12.6 Å². The lowest BCUT2D eigenvalue weighted by Gasteiger charge is -2.31. The molecule has 2 aromatic rings. The molecule has 3 amide bonds. The van der Waals surface area contributed by atoms with Gasteiger partial charge in [0.2, 0.25) is 11.8 Å². The van der Waals surface area contributed by atoms with Crippen molar-refractivity contribution in [3.8, 4) is 0 Å². The Morgan fingerprint density at radius 1 is 1.06 bits per heavy atom. The second-order valence-corrected chi connectivity index (χ2v) is 10.3. The molecule has 0 bridgehead atoms. The number of rotatable bonds is 7. The molecule has 0 spiro atoms. The molecule has 1 N–H and O–H groups in total. The fraction of sp³-hybridized carbons (Fsp3) is 0.375. The number of nitrogens with zero attached hydrogens (tertiary/aromatic N) is 2. The van der Waals surface area contributed by atoms with Crippen LogP contribution in [0.4, 0.5) is 0 Å². The van der Waals surface area contributed by atoms with Crippen molar-refractivity contribution in [2.45, 2.75) is 56.1 Å². The van der Waals surface area contributed by atoms with E-state index in [1.165, 1.54) is 23.1 Å². The van der Waals surface area contributed by atoms with E-state index in [2.05, 4.69) is 5.32 Å². The van der Waals surface area contributed by atoms with Gasteiger partial charge < -0.3 is 10.2 Å². The van der Waals surface area contributed by atoms with Gasteiger partial charge in [-0.15, -0.1) is 0 Å². The van der Waals surface area contributed by atoms with Crippen molar-refractivity contribution >= 4 is 27.7 Å². The van der Waals surface area contributed by atoms with Gasteiger partial charge in [0.25, 0.3) is 15.9 Å². The summed E-state index contributed by atoms with van der Waals surface area (Å²) in [6.45, 7) is 1.08. The number of fused-ring (bicyclic) bond motifs is 1. The molecule has 8 nitrogen and oxygen atoms in total. The van der Waals surface area contributed by atoms with Crippen molar-refractivity contribution < 1.29 is 22.8 Å². The van der Waals surface area contributed by atoms with Gasteiger partial charge in [0.1, 0.15) is 17.5 Å². The molecule has 174 valence electrons. The molecule has 1 fully saturated rings. The largest absolute Gasteiger partial charge is 0.352 e. The summed E-state index contributed by atoms with van der Waals surface area (Å²) in [4.78, 5) is 40.3. The average Bonchev–Trinajstić information content (AvgIpc) is 3.39. The smallest absolute Gasteiger partial charge is 0.269 e. The van der Waals surface area contributed by atoms with Crippen LogP contribution in [-0.2, 0) is 26.2 Å². The first-order valence-corrected chi connectivity index (χ1v) is 12.5. The minimum absolute atomic E-state index is 0.0481. The third kappa shape index (κ3) is 4.64. The molecular formula is C24H27N3O5S. The SMILES string of the molecule is C[C@H](C(=O)NC1CCCC1)N(Cc1ccccc1)C(=O)CN1C(=O)c2ccccc2S1(=O)=O. The molecule has 0 saturated heterocycles. The predicted octanol–water partition coefficient (Wildman–Crippen LogP) is 2.31. The topological polar surface area (TPSA) is 104 Å². The number of carbonyl (C=O) groups excluding carboxylic acids is 3. The number of amides is 3. The Kier molecular flexibility index (Phi) is 6.51. The van der Waals surface area contributed by atoms with E-state index < -0.39 is 34.4 Å². The van der Waals surface area contributed by atoms with E-state index in [1.54, 1.807) is 13.0 Å². The lowest BCUT2D eigenvalue weighted by atomic mass is 10.1. The van der Waals surface area contributed by atoms with Crippen LogP contribution in [0.5, 0.6) is 0 Å². The summed E-state index contributed by atoms with van der Waals surface area (Å²) in [5.41, 5.74) is 0.845. The van der Waals surface area contributed by atoms with Gasteiger partial charge in [-0.1, -0.05) is 55.3 Å². The third-order valence-corrected chi connectivity index (χ3v) is 8.04. The van der Waals surface area contributed by atoms with E-state index in [1.807, 2.05) is 30.3 Å². The molecule has 4 rings (SSSR count). The fourth-order valence-electron chi connectivity index (χ4n) is 4.36. The second kappa shape index (κ2) is 9.35. The van der Waals surface area contributed by atoms with Crippen molar-refractivity contribution in [2.75, 3.05) is 6.54 Å². The fourth-order valence-corrected chi connectivity index (χ4v) is 5.87. The van der Waals surface area contributed by atoms with Crippen molar-refractivity contribution in [1.82, 2.24) is 14.5 Å². The van der Waals surface area contributed by atoms with Gasteiger partial charge in [0.15, 0.2) is 0 Å². The first-order chi connectivity index (χ1) is 15.8. The lowest BCUT2D eigenvalue weighted by molar-refractivity contribution is -0.140. The highest BCUT2D eigenvalue weighted by molar-refractivity contribution is 7.90. The van der Waals surface area contributed by atoms with Gasteiger partial charge >= 0.3 is 0 Å². The van der Waals surface area contributed by atoms with Gasteiger partial charge in [-0.2, -0.15) is 0 Å². The zero-order chi connectivity index (χ0) is 23.6. The molecule has 0 radical (unpaired) electrons. The minimum atomic E-state index is -4.13. The van der Waals surface area contributed by atoms with E-state index in [0.29, 0.717) is 4.31 Å². The minimum Gasteiger partial charge on any atom is -0.352 e. The second-order valence-electron chi connectivity index (χ2n) is 8.49. The van der Waals surface area contributed by atoms with Crippen LogP contribution in [0.2, 0.25) is 0 Å². The van der Waals surface area contributed by atoms with Crippen LogP contribution in [0.25, 0.3) is 0 Å². The summed E-state index contributed by atoms with van der Waals surface area (Å²) in [7, 11) is -4.13. The zero-order valence-electron chi connectivity index (χ0n) is 18.4. The summed E-state index contributed by atoms with van der Waals surface area (Å²) >= 11 is 0. The summed E-state index contributed by atoms with van der Waals surface area (Å²) in [6, 6.07) is 14.3. The highest BCUT2D eigenvalue weighted by Gasteiger charge is 2.43. The highest BCUT2D eigenvalue weighted by Crippen LogP contribution is 2.30. The van der Waals surface area contributed by atoms with Gasteiger partial charge in [-0.05, 0) is 37.5 Å². The average molecular weight is 470 g/mol. The summed E-state index contributed by atoms with van der Waals surface area (Å²) in [5, 5.41) is 3.00. The Morgan fingerprint density at radius 2 is 1.70 bits per heavy atom. The molecule has 1 aliphatic heterocycles. The number of carbonyl (C=O) groups is 3.